The van der Waals surface area contributed by atoms with Crippen LogP contribution in [-0.2, 0) is 19.0 Å². The average molecular weight is 427 g/mol. The molecule has 8 atom stereocenters. The maximum Gasteiger partial charge on any atom is 0.508 e. The Morgan fingerprint density at radius 3 is 2.50 bits per heavy atom. The van der Waals surface area contributed by atoms with Crippen molar-refractivity contribution in [3.63, 3.8) is 0 Å². The van der Waals surface area contributed by atoms with Crippen LogP contribution in [0.3, 0.4) is 0 Å². The van der Waals surface area contributed by atoms with E-state index in [2.05, 4.69) is 6.58 Å². The molecule has 8 heteroatoms. The van der Waals surface area contributed by atoms with Gasteiger partial charge in [0.2, 0.25) is 0 Å². The molecule has 0 aromatic rings. The topological polar surface area (TPSA) is 123 Å². The van der Waals surface area contributed by atoms with Crippen molar-refractivity contribution in [2.24, 2.45) is 16.7 Å². The van der Waals surface area contributed by atoms with Crippen molar-refractivity contribution in [1.82, 2.24) is 0 Å². The van der Waals surface area contributed by atoms with Gasteiger partial charge in [-0.3, -0.25) is 4.79 Å². The van der Waals surface area contributed by atoms with Gasteiger partial charge in [0.15, 0.2) is 17.5 Å². The molecule has 0 spiro atoms. The van der Waals surface area contributed by atoms with Crippen LogP contribution in [0.25, 0.3) is 0 Å². The van der Waals surface area contributed by atoms with Crippen molar-refractivity contribution in [3.8, 4) is 0 Å². The standard InChI is InChI=1S/C22H34O8/c1-7-20(5)11-13(24)22(27)17(30-20)15(29-18(26)28-8-2)14(25)16-19(3,4)10-9-12(23)21(16,22)6/h7,12,14-17,23,25,27H,1,8-11H2,2-6H3/t12-,14?,15?,16-,17+,20-,21?,22+/m0/s1. The Labute approximate surface area is 177 Å². The van der Waals surface area contributed by atoms with Gasteiger partial charge in [-0.05, 0) is 32.1 Å². The fraction of sp³-hybridized carbons (Fsp3) is 0.818. The number of ether oxygens (including phenoxy) is 3. The predicted octanol–water partition coefficient (Wildman–Crippen LogP) is 1.74. The Morgan fingerprint density at radius 2 is 1.93 bits per heavy atom. The molecule has 3 fully saturated rings. The molecule has 0 amide bonds. The maximum absolute atomic E-state index is 13.5. The maximum atomic E-state index is 13.5. The Bertz CT molecular complexity index is 735. The smallest absolute Gasteiger partial charge is 0.435 e. The lowest BCUT2D eigenvalue weighted by molar-refractivity contribution is -0.335. The van der Waals surface area contributed by atoms with E-state index in [4.69, 9.17) is 14.2 Å². The molecule has 3 N–H and O–H groups in total. The van der Waals surface area contributed by atoms with Crippen molar-refractivity contribution < 1.29 is 39.1 Å². The Morgan fingerprint density at radius 1 is 1.30 bits per heavy atom. The Kier molecular flexibility index (Phi) is 5.64. The molecule has 3 rings (SSSR count). The lowest BCUT2D eigenvalue weighted by atomic mass is 9.42. The van der Waals surface area contributed by atoms with E-state index in [-0.39, 0.29) is 13.0 Å². The second kappa shape index (κ2) is 7.29. The molecule has 8 nitrogen and oxygen atoms in total. The van der Waals surface area contributed by atoms with Crippen LogP contribution in [0.4, 0.5) is 4.79 Å². The zero-order chi connectivity index (χ0) is 22.7. The highest BCUT2D eigenvalue weighted by molar-refractivity contribution is 5.91. The molecule has 0 bridgehead atoms. The van der Waals surface area contributed by atoms with E-state index in [0.717, 1.165) is 0 Å². The van der Waals surface area contributed by atoms with E-state index in [1.54, 1.807) is 20.8 Å². The number of hydrogen-bond acceptors (Lipinski definition) is 8. The molecule has 2 aliphatic carbocycles. The first-order valence-corrected chi connectivity index (χ1v) is 10.5. The van der Waals surface area contributed by atoms with Crippen LogP contribution in [0.1, 0.15) is 53.9 Å². The summed E-state index contributed by atoms with van der Waals surface area (Å²) in [5.74, 6) is -1.27. The van der Waals surface area contributed by atoms with Crippen molar-refractivity contribution in [3.05, 3.63) is 12.7 Å². The molecule has 1 aliphatic heterocycles. The van der Waals surface area contributed by atoms with Gasteiger partial charge in [0.05, 0.1) is 24.4 Å². The lowest BCUT2D eigenvalue weighted by Gasteiger charge is -2.67. The molecular weight excluding hydrogens is 392 g/mol. The van der Waals surface area contributed by atoms with E-state index >= 15 is 0 Å². The van der Waals surface area contributed by atoms with E-state index < -0.39 is 64.3 Å². The highest BCUT2D eigenvalue weighted by Gasteiger charge is 2.76. The van der Waals surface area contributed by atoms with Crippen molar-refractivity contribution >= 4 is 11.9 Å². The minimum absolute atomic E-state index is 0.0616. The van der Waals surface area contributed by atoms with Crippen LogP contribution in [-0.4, -0.2) is 69.5 Å². The molecule has 0 radical (unpaired) electrons. The number of aliphatic hydroxyl groups is 3. The lowest BCUT2D eigenvalue weighted by Crippen LogP contribution is -2.82. The molecule has 30 heavy (non-hydrogen) atoms. The molecule has 0 aromatic carbocycles. The molecule has 3 aliphatic rings. The van der Waals surface area contributed by atoms with Gasteiger partial charge in [-0.15, -0.1) is 6.58 Å². The van der Waals surface area contributed by atoms with Gasteiger partial charge < -0.3 is 29.5 Å². The SMILES string of the molecule is C=C[C@@]1(C)CC(=O)[C@@]2(O)[C@H](O1)C(OC(=O)OCC)C(O)[C@H]1C(C)(C)CC[C@H](O)C12C. The molecule has 3 unspecified atom stereocenters. The number of ketones is 1. The van der Waals surface area contributed by atoms with Gasteiger partial charge >= 0.3 is 6.16 Å². The molecule has 2 saturated carbocycles. The fourth-order valence-corrected chi connectivity index (χ4v) is 6.12. The van der Waals surface area contributed by atoms with Crippen LogP contribution in [0, 0.1) is 16.7 Å². The zero-order valence-electron chi connectivity index (χ0n) is 18.4. The summed E-state index contributed by atoms with van der Waals surface area (Å²) < 4.78 is 16.4. The number of rotatable bonds is 3. The molecular formula is C22H34O8. The summed E-state index contributed by atoms with van der Waals surface area (Å²) in [4.78, 5) is 25.6. The normalized spacial score (nSPS) is 47.6. The first-order valence-electron chi connectivity index (χ1n) is 10.5. The first kappa shape index (κ1) is 23.2. The summed E-state index contributed by atoms with van der Waals surface area (Å²) in [6, 6.07) is 0. The van der Waals surface area contributed by atoms with E-state index in [0.29, 0.717) is 12.8 Å². The average Bonchev–Trinajstić information content (AvgIpc) is 2.65. The second-order valence-corrected chi connectivity index (χ2v) is 9.98. The van der Waals surface area contributed by atoms with Crippen LogP contribution in [0.5, 0.6) is 0 Å². The van der Waals surface area contributed by atoms with Gasteiger partial charge in [-0.1, -0.05) is 26.8 Å². The number of hydrogen-bond donors (Lipinski definition) is 3. The summed E-state index contributed by atoms with van der Waals surface area (Å²) in [5, 5.41) is 34.4. The monoisotopic (exact) mass is 426 g/mol. The van der Waals surface area contributed by atoms with Gasteiger partial charge in [0.25, 0.3) is 0 Å². The molecule has 1 saturated heterocycles. The molecule has 1 heterocycles. The van der Waals surface area contributed by atoms with Gasteiger partial charge in [0.1, 0.15) is 6.10 Å². The first-order chi connectivity index (χ1) is 13.8. The highest BCUT2D eigenvalue weighted by Crippen LogP contribution is 2.64. The number of carbonyl (C=O) groups excluding carboxylic acids is 2. The number of Topliss-reactive ketones (excluding diaryl/α,β-unsaturated/α-hetero) is 1. The fourth-order valence-electron chi connectivity index (χ4n) is 6.12. The minimum atomic E-state index is -2.17. The predicted molar refractivity (Wildman–Crippen MR) is 107 cm³/mol. The number of fused-ring (bicyclic) bond motifs is 3. The summed E-state index contributed by atoms with van der Waals surface area (Å²) in [6.45, 7) is 12.5. The van der Waals surface area contributed by atoms with E-state index in [1.165, 1.54) is 6.08 Å². The van der Waals surface area contributed by atoms with Crippen LogP contribution >= 0.6 is 0 Å². The third kappa shape index (κ3) is 3.03. The molecule has 170 valence electrons. The zero-order valence-corrected chi connectivity index (χ0v) is 18.4. The van der Waals surface area contributed by atoms with Crippen molar-refractivity contribution in [2.75, 3.05) is 6.61 Å². The third-order valence-corrected chi connectivity index (χ3v) is 7.71. The van der Waals surface area contributed by atoms with Crippen LogP contribution in [0.2, 0.25) is 0 Å². The summed E-state index contributed by atoms with van der Waals surface area (Å²) in [7, 11) is 0. The Balaban J connectivity index is 2.20. The number of carbonyl (C=O) groups is 2. The van der Waals surface area contributed by atoms with Crippen molar-refractivity contribution in [2.45, 2.75) is 89.5 Å². The van der Waals surface area contributed by atoms with Crippen molar-refractivity contribution in [1.29, 1.82) is 0 Å². The highest BCUT2D eigenvalue weighted by atomic mass is 16.7. The summed E-state index contributed by atoms with van der Waals surface area (Å²) in [5.41, 5.74) is -5.26. The summed E-state index contributed by atoms with van der Waals surface area (Å²) >= 11 is 0. The third-order valence-electron chi connectivity index (χ3n) is 7.71. The van der Waals surface area contributed by atoms with Crippen LogP contribution in [0.15, 0.2) is 12.7 Å². The quantitative estimate of drug-likeness (QED) is 0.461. The molecule has 0 aromatic heterocycles. The second-order valence-electron chi connectivity index (χ2n) is 9.98. The van der Waals surface area contributed by atoms with E-state index in [9.17, 15) is 24.9 Å². The van der Waals surface area contributed by atoms with Gasteiger partial charge in [-0.2, -0.15) is 0 Å². The van der Waals surface area contributed by atoms with Crippen LogP contribution < -0.4 is 0 Å². The number of aliphatic hydroxyl groups excluding tert-OH is 2. The minimum Gasteiger partial charge on any atom is -0.435 e. The largest absolute Gasteiger partial charge is 0.508 e. The van der Waals surface area contributed by atoms with Gasteiger partial charge in [0, 0.05) is 17.8 Å². The van der Waals surface area contributed by atoms with Gasteiger partial charge in [-0.25, -0.2) is 4.79 Å². The summed E-state index contributed by atoms with van der Waals surface area (Å²) in [6.07, 6.45) is -3.91. The Hall–Kier alpha value is -1.48. The van der Waals surface area contributed by atoms with E-state index in [1.807, 2.05) is 13.8 Å².